The predicted octanol–water partition coefficient (Wildman–Crippen LogP) is 2.87. The number of anilines is 1. The fraction of sp³-hybridized carbons (Fsp3) is 0.500. The van der Waals surface area contributed by atoms with E-state index < -0.39 is 5.60 Å². The third-order valence-electron chi connectivity index (χ3n) is 4.37. The molecule has 5 heteroatoms. The van der Waals surface area contributed by atoms with Crippen LogP contribution in [0, 0.1) is 0 Å². The van der Waals surface area contributed by atoms with E-state index in [0.717, 1.165) is 48.5 Å². The number of aromatic nitrogens is 1. The molecule has 1 aromatic heterocycles. The van der Waals surface area contributed by atoms with Gasteiger partial charge in [0.2, 0.25) is 0 Å². The van der Waals surface area contributed by atoms with Gasteiger partial charge < -0.3 is 14.5 Å². The maximum Gasteiger partial charge on any atom is 0.310 e. The molecule has 0 unspecified atom stereocenters. The Hall–Kier alpha value is -2.14. The minimum atomic E-state index is -0.472. The molecule has 0 N–H and O–H groups in total. The van der Waals surface area contributed by atoms with Gasteiger partial charge in [0.15, 0.2) is 0 Å². The number of nitrogens with zero attached hydrogens (tertiary/aromatic N) is 3. The SMILES string of the molecule is CN1CCN(c2cc(CC(=O)OC(C)(C)C)c3ccccc3n2)CC1. The number of rotatable bonds is 3. The first-order valence-electron chi connectivity index (χ1n) is 8.86. The van der Waals surface area contributed by atoms with Crippen LogP contribution in [0.4, 0.5) is 5.82 Å². The van der Waals surface area contributed by atoms with Gasteiger partial charge in [0.05, 0.1) is 11.9 Å². The van der Waals surface area contributed by atoms with Crippen molar-refractivity contribution in [1.82, 2.24) is 9.88 Å². The summed E-state index contributed by atoms with van der Waals surface area (Å²) in [6, 6.07) is 10.1. The Balaban J connectivity index is 1.91. The summed E-state index contributed by atoms with van der Waals surface area (Å²) in [4.78, 5) is 21.8. The molecule has 2 heterocycles. The lowest BCUT2D eigenvalue weighted by atomic mass is 10.1. The number of para-hydroxylation sites is 1. The van der Waals surface area contributed by atoms with Gasteiger partial charge >= 0.3 is 5.97 Å². The monoisotopic (exact) mass is 341 g/mol. The lowest BCUT2D eigenvalue weighted by molar-refractivity contribution is -0.153. The fourth-order valence-corrected chi connectivity index (χ4v) is 3.11. The molecule has 134 valence electrons. The molecule has 3 rings (SSSR count). The Labute approximate surface area is 149 Å². The average molecular weight is 341 g/mol. The number of ether oxygens (including phenoxy) is 1. The predicted molar refractivity (Wildman–Crippen MR) is 101 cm³/mol. The zero-order valence-electron chi connectivity index (χ0n) is 15.6. The van der Waals surface area contributed by atoms with Gasteiger partial charge in [0, 0.05) is 31.6 Å². The van der Waals surface area contributed by atoms with Gasteiger partial charge in [-0.3, -0.25) is 4.79 Å². The van der Waals surface area contributed by atoms with Crippen LogP contribution in [0.3, 0.4) is 0 Å². The van der Waals surface area contributed by atoms with E-state index in [1.165, 1.54) is 0 Å². The van der Waals surface area contributed by atoms with E-state index in [-0.39, 0.29) is 12.4 Å². The number of likely N-dealkylation sites (N-methyl/N-ethyl adjacent to an activating group) is 1. The third-order valence-corrected chi connectivity index (χ3v) is 4.37. The summed E-state index contributed by atoms with van der Waals surface area (Å²) < 4.78 is 5.51. The molecule has 0 spiro atoms. The molecule has 1 aliphatic rings. The molecule has 0 atom stereocenters. The van der Waals surface area contributed by atoms with Gasteiger partial charge in [-0.2, -0.15) is 0 Å². The number of pyridine rings is 1. The van der Waals surface area contributed by atoms with Gasteiger partial charge in [0.25, 0.3) is 0 Å². The van der Waals surface area contributed by atoms with Crippen LogP contribution in [0.5, 0.6) is 0 Å². The molecule has 25 heavy (non-hydrogen) atoms. The number of carbonyl (C=O) groups is 1. The molecule has 1 fully saturated rings. The Kier molecular flexibility index (Phi) is 4.95. The van der Waals surface area contributed by atoms with Crippen LogP contribution < -0.4 is 4.90 Å². The second-order valence-corrected chi connectivity index (χ2v) is 7.71. The van der Waals surface area contributed by atoms with Crippen molar-refractivity contribution in [2.24, 2.45) is 0 Å². The van der Waals surface area contributed by atoms with Crippen molar-refractivity contribution in [3.8, 4) is 0 Å². The number of carbonyl (C=O) groups excluding carboxylic acids is 1. The van der Waals surface area contributed by atoms with Crippen molar-refractivity contribution in [3.05, 3.63) is 35.9 Å². The molecule has 0 aliphatic carbocycles. The van der Waals surface area contributed by atoms with Crippen molar-refractivity contribution in [3.63, 3.8) is 0 Å². The van der Waals surface area contributed by atoms with E-state index in [0.29, 0.717) is 0 Å². The number of benzene rings is 1. The lowest BCUT2D eigenvalue weighted by Gasteiger charge is -2.33. The first-order chi connectivity index (χ1) is 11.8. The van der Waals surface area contributed by atoms with Crippen LogP contribution in [0.15, 0.2) is 30.3 Å². The summed E-state index contributed by atoms with van der Waals surface area (Å²) in [5.74, 6) is 0.749. The quantitative estimate of drug-likeness (QED) is 0.803. The summed E-state index contributed by atoms with van der Waals surface area (Å²) >= 11 is 0. The van der Waals surface area contributed by atoms with Crippen LogP contribution >= 0.6 is 0 Å². The summed E-state index contributed by atoms with van der Waals surface area (Å²) in [5, 5.41) is 1.02. The van der Waals surface area contributed by atoms with E-state index in [2.05, 4.69) is 22.9 Å². The molecular formula is C20H27N3O2. The Morgan fingerprint density at radius 2 is 1.84 bits per heavy atom. The van der Waals surface area contributed by atoms with Gasteiger partial charge in [0.1, 0.15) is 11.4 Å². The van der Waals surface area contributed by atoms with E-state index in [1.807, 2.05) is 45.0 Å². The largest absolute Gasteiger partial charge is 0.460 e. The van der Waals surface area contributed by atoms with E-state index >= 15 is 0 Å². The number of fused-ring (bicyclic) bond motifs is 1. The Bertz CT molecular complexity index is 759. The standard InChI is InChI=1S/C20H27N3O2/c1-20(2,3)25-19(24)14-15-13-18(23-11-9-22(4)10-12-23)21-17-8-6-5-7-16(15)17/h5-8,13H,9-12,14H2,1-4H3. The van der Waals surface area contributed by atoms with Gasteiger partial charge in [-0.25, -0.2) is 4.98 Å². The Morgan fingerprint density at radius 3 is 2.52 bits per heavy atom. The highest BCUT2D eigenvalue weighted by molar-refractivity contribution is 5.88. The molecule has 1 aromatic carbocycles. The Morgan fingerprint density at radius 1 is 1.16 bits per heavy atom. The van der Waals surface area contributed by atoms with Crippen LogP contribution in [-0.2, 0) is 16.0 Å². The molecule has 0 bridgehead atoms. The van der Waals surface area contributed by atoms with E-state index in [1.54, 1.807) is 0 Å². The molecular weight excluding hydrogens is 314 g/mol. The molecule has 0 saturated carbocycles. The summed E-state index contributed by atoms with van der Waals surface area (Å²) in [7, 11) is 2.14. The van der Waals surface area contributed by atoms with Crippen LogP contribution in [0.2, 0.25) is 0 Å². The van der Waals surface area contributed by atoms with Crippen molar-refractivity contribution in [1.29, 1.82) is 0 Å². The molecule has 1 aliphatic heterocycles. The van der Waals surface area contributed by atoms with E-state index in [4.69, 9.17) is 9.72 Å². The second kappa shape index (κ2) is 7.00. The molecule has 0 amide bonds. The van der Waals surface area contributed by atoms with Crippen molar-refractivity contribution in [2.45, 2.75) is 32.8 Å². The molecule has 1 saturated heterocycles. The summed E-state index contributed by atoms with van der Waals surface area (Å²) in [5.41, 5.74) is 1.44. The fourth-order valence-electron chi connectivity index (χ4n) is 3.11. The second-order valence-electron chi connectivity index (χ2n) is 7.71. The first kappa shape index (κ1) is 17.7. The third kappa shape index (κ3) is 4.48. The molecule has 2 aromatic rings. The molecule has 5 nitrogen and oxygen atoms in total. The molecule has 0 radical (unpaired) electrons. The van der Waals surface area contributed by atoms with Crippen molar-refractivity contribution >= 4 is 22.7 Å². The highest BCUT2D eigenvalue weighted by Gasteiger charge is 2.20. The summed E-state index contributed by atoms with van der Waals surface area (Å²) in [6.07, 6.45) is 0.265. The van der Waals surface area contributed by atoms with Crippen LogP contribution in [0.25, 0.3) is 10.9 Å². The maximum atomic E-state index is 12.3. The maximum absolute atomic E-state index is 12.3. The number of hydrogen-bond acceptors (Lipinski definition) is 5. The summed E-state index contributed by atoms with van der Waals surface area (Å²) in [6.45, 7) is 9.63. The minimum absolute atomic E-state index is 0.201. The average Bonchev–Trinajstić information content (AvgIpc) is 2.53. The minimum Gasteiger partial charge on any atom is -0.460 e. The zero-order valence-corrected chi connectivity index (χ0v) is 15.6. The van der Waals surface area contributed by atoms with Gasteiger partial charge in [-0.15, -0.1) is 0 Å². The van der Waals surface area contributed by atoms with Crippen LogP contribution in [-0.4, -0.2) is 54.7 Å². The lowest BCUT2D eigenvalue weighted by Crippen LogP contribution is -2.44. The van der Waals surface area contributed by atoms with E-state index in [9.17, 15) is 4.79 Å². The number of piperazine rings is 1. The van der Waals surface area contributed by atoms with Crippen molar-refractivity contribution in [2.75, 3.05) is 38.1 Å². The highest BCUT2D eigenvalue weighted by atomic mass is 16.6. The van der Waals surface area contributed by atoms with Crippen LogP contribution in [0.1, 0.15) is 26.3 Å². The zero-order chi connectivity index (χ0) is 18.0. The number of hydrogen-bond donors (Lipinski definition) is 0. The number of esters is 1. The normalized spacial score (nSPS) is 16.2. The van der Waals surface area contributed by atoms with Crippen molar-refractivity contribution < 1.29 is 9.53 Å². The highest BCUT2D eigenvalue weighted by Crippen LogP contribution is 2.25. The first-order valence-corrected chi connectivity index (χ1v) is 8.86. The van der Waals surface area contributed by atoms with Gasteiger partial charge in [-0.1, -0.05) is 18.2 Å². The smallest absolute Gasteiger partial charge is 0.310 e. The van der Waals surface area contributed by atoms with Gasteiger partial charge in [-0.05, 0) is 45.5 Å². The topological polar surface area (TPSA) is 45.7 Å².